The van der Waals surface area contributed by atoms with Gasteiger partial charge >= 0.3 is 0 Å². The Morgan fingerprint density at radius 2 is 1.00 bits per heavy atom. The first-order valence-corrected chi connectivity index (χ1v) is 17.2. The Bertz CT molecular complexity index is 1090. The molecule has 0 heterocycles. The van der Waals surface area contributed by atoms with Crippen LogP contribution >= 0.6 is 0 Å². The molecule has 0 saturated heterocycles. The highest BCUT2D eigenvalue weighted by atomic mass is 16.2. The third-order valence-electron chi connectivity index (χ3n) is 8.63. The van der Waals surface area contributed by atoms with E-state index in [1.807, 2.05) is 69.2 Å². The lowest BCUT2D eigenvalue weighted by molar-refractivity contribution is -0.155. The second kappa shape index (κ2) is 20.8. The van der Waals surface area contributed by atoms with Crippen LogP contribution in [0.3, 0.4) is 0 Å². The number of nitrogens with zero attached hydrogens (tertiary/aromatic N) is 4. The van der Waals surface area contributed by atoms with Crippen molar-refractivity contribution in [3.63, 3.8) is 0 Å². The van der Waals surface area contributed by atoms with Gasteiger partial charge in [0.15, 0.2) is 5.96 Å². The molecular formula is C34H67N9O5. The zero-order valence-electron chi connectivity index (χ0n) is 32.1. The summed E-state index contributed by atoms with van der Waals surface area (Å²) in [6, 6.07) is -3.92. The van der Waals surface area contributed by atoms with Crippen LogP contribution in [0, 0.1) is 29.6 Å². The molecular weight excluding hydrogens is 614 g/mol. The molecule has 14 heteroatoms. The van der Waals surface area contributed by atoms with E-state index < -0.39 is 42.0 Å². The fourth-order valence-electron chi connectivity index (χ4n) is 6.05. The van der Waals surface area contributed by atoms with E-state index in [1.165, 1.54) is 14.7 Å². The molecule has 0 bridgehead atoms. The van der Waals surface area contributed by atoms with Gasteiger partial charge in [0.2, 0.25) is 29.5 Å². The summed E-state index contributed by atoms with van der Waals surface area (Å²) in [7, 11) is 6.41. The third-order valence-corrected chi connectivity index (χ3v) is 8.63. The highest BCUT2D eigenvalue weighted by Crippen LogP contribution is 2.22. The Labute approximate surface area is 289 Å². The molecule has 0 unspecified atom stereocenters. The first-order chi connectivity index (χ1) is 22.1. The number of nitrogens with one attached hydrogen (secondary N) is 3. The molecule has 14 nitrogen and oxygen atoms in total. The zero-order chi connectivity index (χ0) is 37.6. The summed E-state index contributed by atoms with van der Waals surface area (Å²) in [5.74, 6) is -2.79. The highest BCUT2D eigenvalue weighted by Gasteiger charge is 2.42. The van der Waals surface area contributed by atoms with E-state index in [0.29, 0.717) is 25.9 Å². The van der Waals surface area contributed by atoms with Crippen LogP contribution in [0.4, 0.5) is 0 Å². The van der Waals surface area contributed by atoms with Crippen LogP contribution in [0.15, 0.2) is 4.99 Å². The lowest BCUT2D eigenvalue weighted by atomic mass is 9.94. The van der Waals surface area contributed by atoms with E-state index in [1.54, 1.807) is 28.2 Å². The van der Waals surface area contributed by atoms with Gasteiger partial charge in [-0.1, -0.05) is 69.2 Å². The molecule has 0 aromatic heterocycles. The average molecular weight is 682 g/mol. The number of carbonyl (C=O) groups is 5. The maximum atomic E-state index is 14.2. The van der Waals surface area contributed by atoms with Gasteiger partial charge in [-0.3, -0.25) is 29.0 Å². The largest absolute Gasteiger partial charge is 0.370 e. The molecule has 0 rings (SSSR count). The maximum Gasteiger partial charge on any atom is 0.246 e. The monoisotopic (exact) mass is 682 g/mol. The Hall–Kier alpha value is -3.42. The predicted molar refractivity (Wildman–Crippen MR) is 192 cm³/mol. The average Bonchev–Trinajstić information content (AvgIpc) is 2.96. The summed E-state index contributed by atoms with van der Waals surface area (Å²) < 4.78 is 0. The second-order valence-corrected chi connectivity index (χ2v) is 14.5. The maximum absolute atomic E-state index is 14.2. The van der Waals surface area contributed by atoms with Gasteiger partial charge in [-0.05, 0) is 49.5 Å². The Balaban J connectivity index is 6.14. The van der Waals surface area contributed by atoms with Crippen molar-refractivity contribution in [1.82, 2.24) is 30.7 Å². The van der Waals surface area contributed by atoms with Crippen LogP contribution in [0.5, 0.6) is 0 Å². The van der Waals surface area contributed by atoms with Gasteiger partial charge in [0.05, 0.1) is 6.04 Å². The minimum atomic E-state index is -0.909. The van der Waals surface area contributed by atoms with Gasteiger partial charge in [-0.2, -0.15) is 0 Å². The van der Waals surface area contributed by atoms with Crippen molar-refractivity contribution in [2.45, 2.75) is 112 Å². The molecule has 0 aliphatic rings. The SMILES string of the molecule is CN[C@H](C(=O)N[C@H](C(=O)N(C)[C@H](C(=O)N(C)[C@H](C(=O)N(C)[C@H](C(=O)NCCCCN=C(N)N)C(C)C)C(C)C)C(C)C)C(C)C)C(C)C. The molecule has 0 aliphatic carbocycles. The number of rotatable bonds is 20. The summed E-state index contributed by atoms with van der Waals surface area (Å²) in [4.78, 5) is 76.8. The van der Waals surface area contributed by atoms with Gasteiger partial charge in [-0.15, -0.1) is 0 Å². The van der Waals surface area contributed by atoms with E-state index in [4.69, 9.17) is 11.5 Å². The quantitative estimate of drug-likeness (QED) is 0.0713. The zero-order valence-corrected chi connectivity index (χ0v) is 32.1. The number of carbonyl (C=O) groups excluding carboxylic acids is 5. The highest BCUT2D eigenvalue weighted by molar-refractivity contribution is 5.96. The topological polar surface area (TPSA) is 196 Å². The van der Waals surface area contributed by atoms with Gasteiger partial charge in [0.1, 0.15) is 24.2 Å². The molecule has 0 fully saturated rings. The molecule has 0 radical (unpaired) electrons. The summed E-state index contributed by atoms with van der Waals surface area (Å²) in [6.45, 7) is 19.5. The van der Waals surface area contributed by atoms with Crippen LogP contribution in [0.2, 0.25) is 0 Å². The first kappa shape index (κ1) is 44.6. The van der Waals surface area contributed by atoms with Crippen molar-refractivity contribution in [3.8, 4) is 0 Å². The van der Waals surface area contributed by atoms with Gasteiger partial charge in [0, 0.05) is 34.2 Å². The second-order valence-electron chi connectivity index (χ2n) is 14.5. The van der Waals surface area contributed by atoms with Gasteiger partial charge in [0.25, 0.3) is 0 Å². The van der Waals surface area contributed by atoms with Gasteiger partial charge in [-0.25, -0.2) is 0 Å². The molecule has 0 aromatic carbocycles. The minimum absolute atomic E-state index is 0.00117. The fourth-order valence-corrected chi connectivity index (χ4v) is 6.05. The van der Waals surface area contributed by atoms with Crippen molar-refractivity contribution in [3.05, 3.63) is 0 Å². The molecule has 5 amide bonds. The number of nitrogens with two attached hydrogens (primary N) is 2. The summed E-state index contributed by atoms with van der Waals surface area (Å²) >= 11 is 0. The summed E-state index contributed by atoms with van der Waals surface area (Å²) in [5.41, 5.74) is 10.7. The molecule has 48 heavy (non-hydrogen) atoms. The number of amides is 5. The number of unbranched alkanes of at least 4 members (excludes halogenated alkanes) is 1. The fraction of sp³-hybridized carbons (Fsp3) is 0.824. The number of hydrogen-bond donors (Lipinski definition) is 5. The molecule has 0 spiro atoms. The molecule has 0 saturated carbocycles. The van der Waals surface area contributed by atoms with Crippen LogP contribution in [0.25, 0.3) is 0 Å². The molecule has 0 aromatic rings. The van der Waals surface area contributed by atoms with Crippen molar-refractivity contribution >= 4 is 35.5 Å². The molecule has 5 atom stereocenters. The summed E-state index contributed by atoms with van der Waals surface area (Å²) in [6.07, 6.45) is 1.35. The van der Waals surface area contributed by atoms with Crippen LogP contribution in [-0.4, -0.2) is 122 Å². The first-order valence-electron chi connectivity index (χ1n) is 17.2. The molecule has 278 valence electrons. The number of guanidine groups is 1. The lowest BCUT2D eigenvalue weighted by Gasteiger charge is -2.41. The van der Waals surface area contributed by atoms with E-state index in [2.05, 4.69) is 20.9 Å². The third kappa shape index (κ3) is 12.9. The van der Waals surface area contributed by atoms with E-state index in [-0.39, 0.29) is 53.3 Å². The normalized spacial score (nSPS) is 14.7. The van der Waals surface area contributed by atoms with E-state index in [9.17, 15) is 24.0 Å². The van der Waals surface area contributed by atoms with Crippen LogP contribution in [0.1, 0.15) is 82.1 Å². The van der Waals surface area contributed by atoms with E-state index in [0.717, 1.165) is 0 Å². The standard InChI is InChI=1S/C34H67N9O5/c1-19(2)24(37-11)29(44)40-25(20(3)4)31(46)42(13)27(22(7)8)33(48)43(14)28(23(9)10)32(47)41(12)26(21(5)6)30(45)38-17-15-16-18-39-34(35)36/h19-28,37H,15-18H2,1-14H3,(H,38,45)(H,40,44)(H4,35,36,39)/t24-,25-,26-,27-,28-/m0/s1. The predicted octanol–water partition coefficient (Wildman–Crippen LogP) is 0.990. The lowest BCUT2D eigenvalue weighted by Crippen LogP contribution is -2.62. The smallest absolute Gasteiger partial charge is 0.246 e. The van der Waals surface area contributed by atoms with Crippen LogP contribution < -0.4 is 27.4 Å². The minimum Gasteiger partial charge on any atom is -0.370 e. The van der Waals surface area contributed by atoms with Crippen molar-refractivity contribution in [2.24, 2.45) is 46.0 Å². The van der Waals surface area contributed by atoms with Crippen LogP contribution in [-0.2, 0) is 24.0 Å². The van der Waals surface area contributed by atoms with Gasteiger partial charge < -0.3 is 42.1 Å². The van der Waals surface area contributed by atoms with Crippen molar-refractivity contribution in [1.29, 1.82) is 0 Å². The number of likely N-dealkylation sites (N-methyl/N-ethyl adjacent to an activating group) is 4. The summed E-state index contributed by atoms with van der Waals surface area (Å²) in [5, 5.41) is 8.81. The molecule has 0 aliphatic heterocycles. The Morgan fingerprint density at radius 3 is 1.38 bits per heavy atom. The van der Waals surface area contributed by atoms with Crippen molar-refractivity contribution < 1.29 is 24.0 Å². The number of aliphatic imine (C=N–C) groups is 1. The number of hydrogen-bond acceptors (Lipinski definition) is 7. The van der Waals surface area contributed by atoms with Crippen molar-refractivity contribution in [2.75, 3.05) is 41.3 Å². The Kier molecular flexibility index (Phi) is 19.4. The Morgan fingerprint density at radius 1 is 0.583 bits per heavy atom. The molecule has 7 N–H and O–H groups in total. The van der Waals surface area contributed by atoms with E-state index >= 15 is 0 Å².